The average molecular weight is 552 g/mol. The van der Waals surface area contributed by atoms with Gasteiger partial charge in [0.25, 0.3) is 0 Å². The predicted octanol–water partition coefficient (Wildman–Crippen LogP) is 12.1. The third kappa shape index (κ3) is 3.56. The first-order chi connectivity index (χ1) is 20.8. The van der Waals surface area contributed by atoms with E-state index in [2.05, 4.69) is 157 Å². The van der Waals surface area contributed by atoms with Crippen LogP contribution < -0.4 is 4.90 Å². The van der Waals surface area contributed by atoms with Gasteiger partial charge < -0.3 is 4.90 Å². The van der Waals surface area contributed by atoms with E-state index in [9.17, 15) is 0 Å². The second-order valence-corrected chi connectivity index (χ2v) is 12.1. The Morgan fingerprint density at radius 1 is 0.357 bits per heavy atom. The highest BCUT2D eigenvalue weighted by atomic mass is 32.1. The third-order valence-corrected chi connectivity index (χ3v) is 9.69. The first kappa shape index (κ1) is 23.5. The Labute approximate surface area is 247 Å². The summed E-state index contributed by atoms with van der Waals surface area (Å²) < 4.78 is 2.67. The maximum atomic E-state index is 2.43. The molecular formula is C40H25NS. The van der Waals surface area contributed by atoms with Crippen LogP contribution in [0.3, 0.4) is 0 Å². The quantitative estimate of drug-likeness (QED) is 0.197. The lowest BCUT2D eigenvalue weighted by atomic mass is 9.94. The number of thiophene rings is 1. The zero-order chi connectivity index (χ0) is 27.6. The van der Waals surface area contributed by atoms with Crippen LogP contribution in [0, 0.1) is 0 Å². The number of rotatable bonds is 3. The van der Waals surface area contributed by atoms with Crippen LogP contribution in [-0.4, -0.2) is 0 Å². The van der Waals surface area contributed by atoms with Gasteiger partial charge in [-0.2, -0.15) is 0 Å². The molecule has 0 atom stereocenters. The van der Waals surface area contributed by atoms with Gasteiger partial charge in [-0.1, -0.05) is 103 Å². The molecule has 0 spiro atoms. The SMILES string of the molecule is c1ccc(N(c2ccc3cc4c(cc3c2)sc2ccccc24)c2cc3ccccc3c3c2ccc2ccccc23)cc1. The molecule has 0 radical (unpaired) electrons. The molecule has 0 aliphatic carbocycles. The zero-order valence-corrected chi connectivity index (χ0v) is 23.6. The van der Waals surface area contributed by atoms with E-state index in [1.807, 2.05) is 11.3 Å². The van der Waals surface area contributed by atoms with Gasteiger partial charge in [-0.3, -0.25) is 0 Å². The molecule has 2 heteroatoms. The molecule has 1 heterocycles. The van der Waals surface area contributed by atoms with Gasteiger partial charge in [0.2, 0.25) is 0 Å². The van der Waals surface area contributed by atoms with Gasteiger partial charge in [0.15, 0.2) is 0 Å². The minimum Gasteiger partial charge on any atom is -0.310 e. The maximum Gasteiger partial charge on any atom is 0.0546 e. The van der Waals surface area contributed by atoms with Crippen LogP contribution in [0.25, 0.3) is 63.3 Å². The predicted molar refractivity (Wildman–Crippen MR) is 184 cm³/mol. The van der Waals surface area contributed by atoms with Gasteiger partial charge in [0.05, 0.1) is 5.69 Å². The van der Waals surface area contributed by atoms with Crippen molar-refractivity contribution in [3.63, 3.8) is 0 Å². The van der Waals surface area contributed by atoms with Crippen molar-refractivity contribution >= 4 is 91.7 Å². The highest BCUT2D eigenvalue weighted by molar-refractivity contribution is 7.25. The molecule has 0 fully saturated rings. The first-order valence-corrected chi connectivity index (χ1v) is 15.2. The Morgan fingerprint density at radius 3 is 1.90 bits per heavy atom. The molecule has 1 nitrogen and oxygen atoms in total. The second-order valence-electron chi connectivity index (χ2n) is 11.0. The largest absolute Gasteiger partial charge is 0.310 e. The molecule has 9 rings (SSSR count). The molecule has 196 valence electrons. The van der Waals surface area contributed by atoms with Crippen LogP contribution in [0.5, 0.6) is 0 Å². The summed E-state index contributed by atoms with van der Waals surface area (Å²) in [4.78, 5) is 2.43. The first-order valence-electron chi connectivity index (χ1n) is 14.4. The Balaban J connectivity index is 1.35. The van der Waals surface area contributed by atoms with Gasteiger partial charge in [-0.15, -0.1) is 11.3 Å². The Bertz CT molecular complexity index is 2460. The fourth-order valence-corrected chi connectivity index (χ4v) is 7.77. The Hall–Kier alpha value is -5.18. The molecule has 9 aromatic rings. The number of fused-ring (bicyclic) bond motifs is 9. The molecular weight excluding hydrogens is 527 g/mol. The summed E-state index contributed by atoms with van der Waals surface area (Å²) in [5.41, 5.74) is 3.48. The maximum absolute atomic E-state index is 2.43. The van der Waals surface area contributed by atoms with Crippen molar-refractivity contribution < 1.29 is 0 Å². The zero-order valence-electron chi connectivity index (χ0n) is 22.8. The van der Waals surface area contributed by atoms with Crippen LogP contribution in [0.4, 0.5) is 17.1 Å². The fourth-order valence-electron chi connectivity index (χ4n) is 6.63. The Morgan fingerprint density at radius 2 is 1.05 bits per heavy atom. The molecule has 0 unspecified atom stereocenters. The normalized spacial score (nSPS) is 11.8. The lowest BCUT2D eigenvalue weighted by Gasteiger charge is -2.28. The standard InChI is InChI=1S/C40H25NS/c1-2-12-30(13-3-1)41(31-20-18-27-23-36-34-16-8-9-17-38(34)42-39(36)25-29(27)22-31)37-24-28-11-5-7-15-33(28)40-32-14-6-4-10-26(32)19-21-35(37)40/h1-25H. The number of hydrogen-bond acceptors (Lipinski definition) is 2. The Kier molecular flexibility index (Phi) is 5.13. The number of hydrogen-bond donors (Lipinski definition) is 0. The van der Waals surface area contributed by atoms with Crippen LogP contribution in [-0.2, 0) is 0 Å². The molecule has 0 amide bonds. The van der Waals surface area contributed by atoms with Gasteiger partial charge in [-0.25, -0.2) is 0 Å². The summed E-state index contributed by atoms with van der Waals surface area (Å²) in [5.74, 6) is 0. The minimum atomic E-state index is 1.14. The topological polar surface area (TPSA) is 3.24 Å². The number of nitrogens with zero attached hydrogens (tertiary/aromatic N) is 1. The van der Waals surface area contributed by atoms with Crippen molar-refractivity contribution in [3.05, 3.63) is 152 Å². The van der Waals surface area contributed by atoms with E-state index >= 15 is 0 Å². The molecule has 8 aromatic carbocycles. The summed E-state index contributed by atoms with van der Waals surface area (Å²) in [6.45, 7) is 0. The van der Waals surface area contributed by atoms with Crippen molar-refractivity contribution in [2.75, 3.05) is 4.90 Å². The van der Waals surface area contributed by atoms with Gasteiger partial charge >= 0.3 is 0 Å². The molecule has 42 heavy (non-hydrogen) atoms. The minimum absolute atomic E-state index is 1.14. The van der Waals surface area contributed by atoms with Crippen LogP contribution in [0.1, 0.15) is 0 Å². The summed E-state index contributed by atoms with van der Waals surface area (Å²) in [6, 6.07) is 55.6. The summed E-state index contributed by atoms with van der Waals surface area (Å²) in [6.07, 6.45) is 0. The van der Waals surface area contributed by atoms with Gasteiger partial charge in [-0.05, 0) is 86.2 Å². The molecule has 1 aromatic heterocycles. The number of anilines is 3. The number of benzene rings is 8. The van der Waals surface area contributed by atoms with E-state index in [4.69, 9.17) is 0 Å². The van der Waals surface area contributed by atoms with Crippen LogP contribution in [0.15, 0.2) is 152 Å². The summed E-state index contributed by atoms with van der Waals surface area (Å²) >= 11 is 1.87. The highest BCUT2D eigenvalue weighted by Gasteiger charge is 2.19. The molecule has 0 aliphatic rings. The fraction of sp³-hybridized carbons (Fsp3) is 0. The summed E-state index contributed by atoms with van der Waals surface area (Å²) in [7, 11) is 0. The molecule has 0 aliphatic heterocycles. The molecule has 0 saturated carbocycles. The van der Waals surface area contributed by atoms with E-state index in [0.29, 0.717) is 0 Å². The molecule has 0 bridgehead atoms. The molecule has 0 saturated heterocycles. The van der Waals surface area contributed by atoms with Crippen molar-refractivity contribution in [2.24, 2.45) is 0 Å². The van der Waals surface area contributed by atoms with Crippen molar-refractivity contribution in [2.45, 2.75) is 0 Å². The van der Waals surface area contributed by atoms with Gasteiger partial charge in [0, 0.05) is 36.9 Å². The second kappa shape index (κ2) is 9.17. The van der Waals surface area contributed by atoms with E-state index in [1.54, 1.807) is 0 Å². The lowest BCUT2D eigenvalue weighted by molar-refractivity contribution is 1.31. The number of para-hydroxylation sites is 1. The monoisotopic (exact) mass is 551 g/mol. The van der Waals surface area contributed by atoms with E-state index < -0.39 is 0 Å². The third-order valence-electron chi connectivity index (χ3n) is 8.56. The lowest BCUT2D eigenvalue weighted by Crippen LogP contribution is -2.10. The van der Waals surface area contributed by atoms with Crippen LogP contribution in [0.2, 0.25) is 0 Å². The van der Waals surface area contributed by atoms with E-state index in [0.717, 1.165) is 11.4 Å². The van der Waals surface area contributed by atoms with Crippen molar-refractivity contribution in [1.29, 1.82) is 0 Å². The van der Waals surface area contributed by atoms with Crippen molar-refractivity contribution in [1.82, 2.24) is 0 Å². The summed E-state index contributed by atoms with van der Waals surface area (Å²) in [5, 5.41) is 12.8. The van der Waals surface area contributed by atoms with Crippen molar-refractivity contribution in [3.8, 4) is 0 Å². The van der Waals surface area contributed by atoms with E-state index in [1.165, 1.54) is 68.9 Å². The average Bonchev–Trinajstić information content (AvgIpc) is 3.41. The molecule has 0 N–H and O–H groups in total. The highest BCUT2D eigenvalue weighted by Crippen LogP contribution is 2.45. The van der Waals surface area contributed by atoms with Crippen LogP contribution >= 0.6 is 11.3 Å². The van der Waals surface area contributed by atoms with Gasteiger partial charge in [0.1, 0.15) is 0 Å². The smallest absolute Gasteiger partial charge is 0.0546 e. The van der Waals surface area contributed by atoms with E-state index in [-0.39, 0.29) is 0 Å².